The summed E-state index contributed by atoms with van der Waals surface area (Å²) in [6, 6.07) is 0. The molecular formula is C8H17ClO. The monoisotopic (exact) mass is 164 g/mol. The normalized spacial score (nSPS) is 16.8. The Morgan fingerprint density at radius 2 is 2.00 bits per heavy atom. The molecule has 0 amide bonds. The third-order valence-electron chi connectivity index (χ3n) is 1.70. The van der Waals surface area contributed by atoms with Crippen molar-refractivity contribution in [2.75, 3.05) is 5.88 Å². The van der Waals surface area contributed by atoms with Crippen LogP contribution in [0.2, 0.25) is 0 Å². The molecule has 0 aliphatic carbocycles. The number of alkyl halides is 1. The number of aliphatic hydroxyl groups is 1. The van der Waals surface area contributed by atoms with Crippen molar-refractivity contribution in [1.82, 2.24) is 0 Å². The number of hydrogen-bond donors (Lipinski definition) is 1. The van der Waals surface area contributed by atoms with Gasteiger partial charge >= 0.3 is 0 Å². The number of unbranched alkanes of at least 4 members (excludes halogenated alkanes) is 1. The molecule has 0 aromatic rings. The van der Waals surface area contributed by atoms with E-state index in [1.165, 1.54) is 0 Å². The summed E-state index contributed by atoms with van der Waals surface area (Å²) >= 11 is 5.50. The summed E-state index contributed by atoms with van der Waals surface area (Å²) in [4.78, 5) is 0. The van der Waals surface area contributed by atoms with Crippen molar-refractivity contribution >= 4 is 11.6 Å². The van der Waals surface area contributed by atoms with E-state index in [1.807, 2.05) is 6.92 Å². The van der Waals surface area contributed by atoms with Crippen molar-refractivity contribution < 1.29 is 5.11 Å². The van der Waals surface area contributed by atoms with Crippen molar-refractivity contribution in [3.8, 4) is 0 Å². The van der Waals surface area contributed by atoms with Gasteiger partial charge in [-0.05, 0) is 19.8 Å². The lowest BCUT2D eigenvalue weighted by Crippen LogP contribution is -2.24. The maximum Gasteiger partial charge on any atom is 0.0631 e. The first kappa shape index (κ1) is 10.2. The van der Waals surface area contributed by atoms with E-state index >= 15 is 0 Å². The van der Waals surface area contributed by atoms with Crippen LogP contribution in [0.15, 0.2) is 0 Å². The molecule has 0 fully saturated rings. The van der Waals surface area contributed by atoms with Gasteiger partial charge in [0.1, 0.15) is 0 Å². The largest absolute Gasteiger partial charge is 0.390 e. The molecule has 1 atom stereocenters. The van der Waals surface area contributed by atoms with Gasteiger partial charge in [-0.2, -0.15) is 0 Å². The van der Waals surface area contributed by atoms with Crippen LogP contribution in [-0.2, 0) is 0 Å². The summed E-state index contributed by atoms with van der Waals surface area (Å²) in [5, 5.41) is 9.56. The van der Waals surface area contributed by atoms with Crippen LogP contribution in [0.25, 0.3) is 0 Å². The lowest BCUT2D eigenvalue weighted by atomic mass is 9.96. The predicted molar refractivity (Wildman–Crippen MR) is 45.5 cm³/mol. The Bertz CT molecular complexity index is 81.3. The molecule has 0 saturated heterocycles. The Balaban J connectivity index is 3.42. The molecule has 2 heteroatoms. The minimum Gasteiger partial charge on any atom is -0.390 e. The molecule has 0 spiro atoms. The van der Waals surface area contributed by atoms with E-state index in [4.69, 9.17) is 11.6 Å². The summed E-state index contributed by atoms with van der Waals surface area (Å²) in [5.74, 6) is 0.552. The Morgan fingerprint density at radius 1 is 1.40 bits per heavy atom. The quantitative estimate of drug-likeness (QED) is 0.620. The highest BCUT2D eigenvalue weighted by Crippen LogP contribution is 2.17. The van der Waals surface area contributed by atoms with E-state index in [9.17, 15) is 5.11 Å². The van der Waals surface area contributed by atoms with Gasteiger partial charge in [0.15, 0.2) is 0 Å². The fourth-order valence-corrected chi connectivity index (χ4v) is 1.29. The molecule has 0 aromatic heterocycles. The van der Waals surface area contributed by atoms with Gasteiger partial charge in [0, 0.05) is 5.88 Å². The molecule has 1 unspecified atom stereocenters. The van der Waals surface area contributed by atoms with Gasteiger partial charge in [0.05, 0.1) is 5.60 Å². The van der Waals surface area contributed by atoms with E-state index in [0.29, 0.717) is 12.3 Å². The molecule has 10 heavy (non-hydrogen) atoms. The van der Waals surface area contributed by atoms with E-state index in [2.05, 4.69) is 6.92 Å². The summed E-state index contributed by atoms with van der Waals surface area (Å²) in [6.45, 7) is 3.97. The van der Waals surface area contributed by atoms with Crippen molar-refractivity contribution in [3.05, 3.63) is 0 Å². The van der Waals surface area contributed by atoms with E-state index < -0.39 is 5.60 Å². The molecule has 62 valence electrons. The first-order valence-corrected chi connectivity index (χ1v) is 4.44. The average Bonchev–Trinajstić information content (AvgIpc) is 1.84. The minimum absolute atomic E-state index is 0.530. The Labute approximate surface area is 68.4 Å². The third-order valence-corrected chi connectivity index (χ3v) is 1.89. The minimum atomic E-state index is -0.530. The third kappa shape index (κ3) is 5.07. The highest BCUT2D eigenvalue weighted by molar-refractivity contribution is 6.17. The second-order valence-corrected chi connectivity index (χ2v) is 3.42. The molecule has 0 bridgehead atoms. The van der Waals surface area contributed by atoms with E-state index in [-0.39, 0.29) is 0 Å². The van der Waals surface area contributed by atoms with Crippen LogP contribution in [-0.4, -0.2) is 16.6 Å². The molecule has 1 N–H and O–H groups in total. The van der Waals surface area contributed by atoms with Gasteiger partial charge in [-0.25, -0.2) is 0 Å². The van der Waals surface area contributed by atoms with Gasteiger partial charge in [0.2, 0.25) is 0 Å². The molecule has 0 aromatic carbocycles. The average molecular weight is 165 g/mol. The first-order valence-electron chi connectivity index (χ1n) is 3.91. The van der Waals surface area contributed by atoms with Crippen LogP contribution in [0.5, 0.6) is 0 Å². The second kappa shape index (κ2) is 4.97. The van der Waals surface area contributed by atoms with Gasteiger partial charge < -0.3 is 5.11 Å². The van der Waals surface area contributed by atoms with Crippen molar-refractivity contribution in [1.29, 1.82) is 0 Å². The van der Waals surface area contributed by atoms with Crippen LogP contribution >= 0.6 is 11.6 Å². The zero-order valence-electron chi connectivity index (χ0n) is 6.86. The van der Waals surface area contributed by atoms with Crippen LogP contribution in [0, 0.1) is 0 Å². The molecule has 0 radical (unpaired) electrons. The molecular weight excluding hydrogens is 148 g/mol. The highest BCUT2D eigenvalue weighted by Gasteiger charge is 2.17. The predicted octanol–water partition coefficient (Wildman–Crippen LogP) is 2.56. The fraction of sp³-hybridized carbons (Fsp3) is 1.00. The fourth-order valence-electron chi connectivity index (χ4n) is 0.886. The number of hydrogen-bond acceptors (Lipinski definition) is 1. The maximum absolute atomic E-state index is 9.56. The first-order chi connectivity index (χ1) is 4.62. The number of rotatable bonds is 5. The summed E-state index contributed by atoms with van der Waals surface area (Å²) < 4.78 is 0. The smallest absolute Gasteiger partial charge is 0.0631 e. The molecule has 1 nitrogen and oxygen atoms in total. The molecule has 0 aliphatic heterocycles. The van der Waals surface area contributed by atoms with E-state index in [1.54, 1.807) is 0 Å². The summed E-state index contributed by atoms with van der Waals surface area (Å²) in [6.07, 6.45) is 3.80. The van der Waals surface area contributed by atoms with Crippen molar-refractivity contribution in [3.63, 3.8) is 0 Å². The molecule has 0 heterocycles. The second-order valence-electron chi connectivity index (χ2n) is 3.04. The lowest BCUT2D eigenvalue weighted by Gasteiger charge is -2.21. The highest BCUT2D eigenvalue weighted by atomic mass is 35.5. The van der Waals surface area contributed by atoms with E-state index in [0.717, 1.165) is 19.3 Å². The Kier molecular flexibility index (Phi) is 5.10. The van der Waals surface area contributed by atoms with Crippen LogP contribution < -0.4 is 0 Å². The van der Waals surface area contributed by atoms with Gasteiger partial charge in [-0.1, -0.05) is 19.8 Å². The van der Waals surface area contributed by atoms with Crippen LogP contribution in [0.4, 0.5) is 0 Å². The van der Waals surface area contributed by atoms with Crippen molar-refractivity contribution in [2.45, 2.75) is 45.1 Å². The van der Waals surface area contributed by atoms with Crippen LogP contribution in [0.3, 0.4) is 0 Å². The Morgan fingerprint density at radius 3 is 2.40 bits per heavy atom. The Hall–Kier alpha value is 0.250. The molecule has 0 saturated carbocycles. The molecule has 0 aliphatic rings. The van der Waals surface area contributed by atoms with Gasteiger partial charge in [-0.15, -0.1) is 11.6 Å². The standard InChI is InChI=1S/C8H17ClO/c1-3-4-5-8(2,10)6-7-9/h10H,3-7H2,1-2H3. The SMILES string of the molecule is CCCCC(C)(O)CCCl. The van der Waals surface area contributed by atoms with Gasteiger partial charge in [-0.3, -0.25) is 0 Å². The zero-order valence-corrected chi connectivity index (χ0v) is 7.62. The number of halogens is 1. The zero-order chi connectivity index (χ0) is 8.04. The van der Waals surface area contributed by atoms with Gasteiger partial charge in [0.25, 0.3) is 0 Å². The van der Waals surface area contributed by atoms with Crippen LogP contribution in [0.1, 0.15) is 39.5 Å². The maximum atomic E-state index is 9.56. The lowest BCUT2D eigenvalue weighted by molar-refractivity contribution is 0.0456. The van der Waals surface area contributed by atoms with Crippen molar-refractivity contribution in [2.24, 2.45) is 0 Å². The topological polar surface area (TPSA) is 20.2 Å². The summed E-state index contributed by atoms with van der Waals surface area (Å²) in [5.41, 5.74) is -0.530. The summed E-state index contributed by atoms with van der Waals surface area (Å²) in [7, 11) is 0. The molecule has 0 rings (SSSR count).